The molecule has 2 rings (SSSR count). The second-order valence-electron chi connectivity index (χ2n) is 13.3. The van der Waals surface area contributed by atoms with E-state index in [0.29, 0.717) is 45.5 Å². The van der Waals surface area contributed by atoms with E-state index in [1.807, 2.05) is 48.5 Å². The van der Waals surface area contributed by atoms with E-state index in [1.165, 1.54) is 11.0 Å². The van der Waals surface area contributed by atoms with Gasteiger partial charge in [-0.05, 0) is 30.1 Å². The van der Waals surface area contributed by atoms with E-state index in [0.717, 1.165) is 6.42 Å². The van der Waals surface area contributed by atoms with Crippen LogP contribution in [-0.2, 0) is 23.9 Å². The average molecular weight is 623 g/mol. The third-order valence-electron chi connectivity index (χ3n) is 8.24. The second-order valence-corrected chi connectivity index (χ2v) is 13.3. The Kier molecular flexibility index (Phi) is 14.3. The van der Waals surface area contributed by atoms with Crippen molar-refractivity contribution in [3.63, 3.8) is 0 Å². The Morgan fingerprint density at radius 3 is 2.39 bits per heavy atom. The van der Waals surface area contributed by atoms with Crippen LogP contribution in [0.25, 0.3) is 0 Å². The molecule has 2 fully saturated rings. The summed E-state index contributed by atoms with van der Waals surface area (Å²) in [5.74, 6) is -2.51. The standard InChI is InChI=1S/C31H54N6O7/c1-9-11-12-21(24(38)27(40)32-14-10-2)33-26(39)23-20(5)13-15-37(23)28(41)25(31(6,7)8)35-29(42)34-22(19(3)4)18-36-16-17-44-30(36)43/h10,19-23,25,29,34-35,42H,2,9,11-18H2,1,3-8H3,(H,32,40)(H,33,39)/t20?,21?,22-,23+,25-,29?/m1/s1. The number of hydrogen-bond acceptors (Lipinski definition) is 9. The summed E-state index contributed by atoms with van der Waals surface area (Å²) in [6, 6.07) is -3.03. The Morgan fingerprint density at radius 2 is 1.84 bits per heavy atom. The predicted molar refractivity (Wildman–Crippen MR) is 166 cm³/mol. The second kappa shape index (κ2) is 16.9. The lowest BCUT2D eigenvalue weighted by atomic mass is 9.85. The lowest BCUT2D eigenvalue weighted by Gasteiger charge is -2.38. The number of cyclic esters (lactones) is 1. The maximum atomic E-state index is 14.1. The molecule has 2 heterocycles. The number of unbranched alkanes of at least 4 members (excludes halogenated alkanes) is 1. The summed E-state index contributed by atoms with van der Waals surface area (Å²) in [5.41, 5.74) is -0.651. The smallest absolute Gasteiger partial charge is 0.409 e. The minimum absolute atomic E-state index is 0.0540. The third kappa shape index (κ3) is 10.3. The molecule has 0 saturated carbocycles. The van der Waals surface area contributed by atoms with Crippen LogP contribution < -0.4 is 21.3 Å². The molecular weight excluding hydrogens is 568 g/mol. The summed E-state index contributed by atoms with van der Waals surface area (Å²) < 4.78 is 5.03. The van der Waals surface area contributed by atoms with Crippen molar-refractivity contribution in [3.05, 3.63) is 12.7 Å². The van der Waals surface area contributed by atoms with E-state index in [-0.39, 0.29) is 30.3 Å². The van der Waals surface area contributed by atoms with E-state index in [9.17, 15) is 29.1 Å². The third-order valence-corrected chi connectivity index (χ3v) is 8.24. The van der Waals surface area contributed by atoms with Crippen molar-refractivity contribution < 1.29 is 33.8 Å². The van der Waals surface area contributed by atoms with Crippen LogP contribution in [0.15, 0.2) is 12.7 Å². The number of nitrogens with one attached hydrogen (secondary N) is 4. The maximum Gasteiger partial charge on any atom is 0.409 e. The van der Waals surface area contributed by atoms with Crippen molar-refractivity contribution in [2.45, 2.75) is 105 Å². The Morgan fingerprint density at radius 1 is 1.16 bits per heavy atom. The zero-order valence-electron chi connectivity index (χ0n) is 27.5. The lowest BCUT2D eigenvalue weighted by Crippen LogP contribution is -2.63. The van der Waals surface area contributed by atoms with Gasteiger partial charge in [-0.2, -0.15) is 0 Å². The van der Waals surface area contributed by atoms with Crippen molar-refractivity contribution in [2.24, 2.45) is 17.3 Å². The summed E-state index contributed by atoms with van der Waals surface area (Å²) in [7, 11) is 0. The van der Waals surface area contributed by atoms with Gasteiger partial charge in [-0.15, -0.1) is 6.58 Å². The molecule has 6 atom stereocenters. The number of aliphatic hydroxyl groups is 1. The first-order chi connectivity index (χ1) is 20.6. The van der Waals surface area contributed by atoms with Gasteiger partial charge in [0.15, 0.2) is 6.35 Å². The first-order valence-corrected chi connectivity index (χ1v) is 15.8. The van der Waals surface area contributed by atoms with Crippen LogP contribution in [0.1, 0.15) is 74.1 Å². The molecule has 5 N–H and O–H groups in total. The van der Waals surface area contributed by atoms with E-state index in [2.05, 4.69) is 27.8 Å². The van der Waals surface area contributed by atoms with E-state index >= 15 is 0 Å². The summed E-state index contributed by atoms with van der Waals surface area (Å²) >= 11 is 0. The topological polar surface area (TPSA) is 169 Å². The van der Waals surface area contributed by atoms with Gasteiger partial charge in [-0.25, -0.2) is 4.79 Å². The number of Topliss-reactive ketones (excluding diaryl/α,β-unsaturated/α-hetero) is 1. The molecule has 44 heavy (non-hydrogen) atoms. The number of carbonyl (C=O) groups is 5. The van der Waals surface area contributed by atoms with Gasteiger partial charge in [-0.3, -0.25) is 29.8 Å². The quantitative estimate of drug-likeness (QED) is 0.0906. The molecule has 0 bridgehead atoms. The molecular formula is C31H54N6O7. The van der Waals surface area contributed by atoms with Gasteiger partial charge in [0.2, 0.25) is 17.6 Å². The largest absolute Gasteiger partial charge is 0.448 e. The molecule has 2 aliphatic heterocycles. The van der Waals surface area contributed by atoms with Crippen molar-refractivity contribution in [2.75, 3.05) is 32.8 Å². The fraction of sp³-hybridized carbons (Fsp3) is 0.774. The fourth-order valence-corrected chi connectivity index (χ4v) is 5.49. The zero-order chi connectivity index (χ0) is 33.2. The predicted octanol–water partition coefficient (Wildman–Crippen LogP) is 1.12. The van der Waals surface area contributed by atoms with Crippen molar-refractivity contribution in [3.8, 4) is 0 Å². The Bertz CT molecular complexity index is 1030. The summed E-state index contributed by atoms with van der Waals surface area (Å²) in [5, 5.41) is 22.4. The van der Waals surface area contributed by atoms with Crippen LogP contribution in [0.4, 0.5) is 4.79 Å². The highest BCUT2D eigenvalue weighted by Gasteiger charge is 2.45. The van der Waals surface area contributed by atoms with Crippen molar-refractivity contribution in [1.82, 2.24) is 31.1 Å². The number of ether oxygens (including phenoxy) is 1. The van der Waals surface area contributed by atoms with Gasteiger partial charge in [0.25, 0.3) is 5.91 Å². The van der Waals surface area contributed by atoms with E-state index < -0.39 is 53.6 Å². The van der Waals surface area contributed by atoms with Crippen LogP contribution in [0.2, 0.25) is 0 Å². The van der Waals surface area contributed by atoms with Crippen LogP contribution >= 0.6 is 0 Å². The number of ketones is 1. The Hall–Kier alpha value is -3.03. The molecule has 0 aromatic carbocycles. The number of rotatable bonds is 17. The number of aliphatic hydroxyl groups excluding tert-OH is 1. The number of hydrogen-bond donors (Lipinski definition) is 5. The Balaban J connectivity index is 2.20. The van der Waals surface area contributed by atoms with E-state index in [4.69, 9.17) is 4.74 Å². The molecule has 250 valence electrons. The van der Waals surface area contributed by atoms with Crippen molar-refractivity contribution in [1.29, 1.82) is 0 Å². The average Bonchev–Trinajstić information content (AvgIpc) is 3.55. The molecule has 0 radical (unpaired) electrons. The van der Waals surface area contributed by atoms with Gasteiger partial charge in [0, 0.05) is 25.7 Å². The van der Waals surface area contributed by atoms with Gasteiger partial charge in [0.1, 0.15) is 12.6 Å². The lowest BCUT2D eigenvalue weighted by molar-refractivity contribution is -0.145. The van der Waals surface area contributed by atoms with E-state index in [1.54, 1.807) is 4.90 Å². The fourth-order valence-electron chi connectivity index (χ4n) is 5.49. The van der Waals surface area contributed by atoms with Gasteiger partial charge in [0.05, 0.1) is 18.6 Å². The highest BCUT2D eigenvalue weighted by Crippen LogP contribution is 2.29. The molecule has 0 spiro atoms. The van der Waals surface area contributed by atoms with Crippen LogP contribution in [-0.4, -0.2) is 108 Å². The first-order valence-electron chi connectivity index (χ1n) is 15.8. The first kappa shape index (κ1) is 37.2. The highest BCUT2D eigenvalue weighted by atomic mass is 16.6. The minimum atomic E-state index is -1.29. The molecule has 2 saturated heterocycles. The number of carbonyl (C=O) groups excluding carboxylic acids is 5. The van der Waals surface area contributed by atoms with Crippen LogP contribution in [0.3, 0.4) is 0 Å². The summed E-state index contributed by atoms with van der Waals surface area (Å²) in [6.45, 7) is 18.5. The molecule has 13 heteroatoms. The molecule has 0 aromatic heterocycles. The summed E-state index contributed by atoms with van der Waals surface area (Å²) in [4.78, 5) is 68.1. The molecule has 0 aromatic rings. The highest BCUT2D eigenvalue weighted by molar-refractivity contribution is 6.38. The summed E-state index contributed by atoms with van der Waals surface area (Å²) in [6.07, 6.45) is 2.06. The molecule has 4 amide bonds. The van der Waals surface area contributed by atoms with Gasteiger partial charge in [-0.1, -0.05) is 67.4 Å². The van der Waals surface area contributed by atoms with Gasteiger partial charge >= 0.3 is 6.09 Å². The van der Waals surface area contributed by atoms with Crippen molar-refractivity contribution >= 4 is 29.6 Å². The molecule has 3 unspecified atom stereocenters. The van der Waals surface area contributed by atoms with Crippen LogP contribution in [0, 0.1) is 17.3 Å². The SMILES string of the molecule is C=CCNC(=O)C(=O)C(CCCC)NC(=O)[C@@H]1C(C)CCN1C(=O)[C@@H](NC(O)N[C@H](CN1CCOC1=O)C(C)C)C(C)(C)C. The normalized spacial score (nSPS) is 21.4. The number of likely N-dealkylation sites (tertiary alicyclic amines) is 1. The molecule has 0 aliphatic carbocycles. The van der Waals surface area contributed by atoms with Gasteiger partial charge < -0.3 is 30.3 Å². The number of nitrogens with zero attached hydrogens (tertiary/aromatic N) is 2. The molecule has 2 aliphatic rings. The van der Waals surface area contributed by atoms with Crippen LogP contribution in [0.5, 0.6) is 0 Å². The Labute approximate surface area is 261 Å². The zero-order valence-corrected chi connectivity index (χ0v) is 27.5. The molecule has 13 nitrogen and oxygen atoms in total. The minimum Gasteiger partial charge on any atom is -0.448 e. The monoisotopic (exact) mass is 622 g/mol. The number of amides is 4. The maximum absolute atomic E-state index is 14.1.